The van der Waals surface area contributed by atoms with Crippen LogP contribution in [-0.4, -0.2) is 36.5 Å². The summed E-state index contributed by atoms with van der Waals surface area (Å²) in [4.78, 5) is 16.9. The lowest BCUT2D eigenvalue weighted by atomic mass is 9.99. The molecule has 2 atom stereocenters. The quantitative estimate of drug-likeness (QED) is 0.726. The van der Waals surface area contributed by atoms with Gasteiger partial charge >= 0.3 is 0 Å². The standard InChI is InChI=1S/C21H24Cl3N3O/c1-13(2)20(25)21(28)26-9-10-27(18-8-7-16(23)11-17(18)24)19(12-26)14-3-5-15(22)6-4-14/h3-8,11,13,19-20H,9-10,12,25H2,1-2H3/t19-,20-/m0/s1. The number of piperazine rings is 1. The van der Waals surface area contributed by atoms with Crippen LogP contribution in [0.3, 0.4) is 0 Å². The molecule has 1 aliphatic rings. The van der Waals surface area contributed by atoms with Crippen molar-refractivity contribution in [2.24, 2.45) is 11.7 Å². The van der Waals surface area contributed by atoms with Crippen molar-refractivity contribution in [2.45, 2.75) is 25.9 Å². The summed E-state index contributed by atoms with van der Waals surface area (Å²) < 4.78 is 0. The van der Waals surface area contributed by atoms with Gasteiger partial charge in [0.2, 0.25) is 5.91 Å². The number of benzene rings is 2. The second-order valence-corrected chi connectivity index (χ2v) is 8.69. The Morgan fingerprint density at radius 1 is 1.04 bits per heavy atom. The van der Waals surface area contributed by atoms with E-state index < -0.39 is 6.04 Å². The van der Waals surface area contributed by atoms with Crippen molar-refractivity contribution >= 4 is 46.4 Å². The van der Waals surface area contributed by atoms with Crippen molar-refractivity contribution in [3.63, 3.8) is 0 Å². The van der Waals surface area contributed by atoms with E-state index in [1.165, 1.54) is 0 Å². The molecule has 1 aliphatic heterocycles. The largest absolute Gasteiger partial charge is 0.360 e. The number of hydrogen-bond acceptors (Lipinski definition) is 3. The predicted molar refractivity (Wildman–Crippen MR) is 117 cm³/mol. The van der Waals surface area contributed by atoms with Gasteiger partial charge in [-0.2, -0.15) is 0 Å². The third-order valence-electron chi connectivity index (χ3n) is 5.17. The first-order valence-electron chi connectivity index (χ1n) is 9.29. The summed E-state index contributed by atoms with van der Waals surface area (Å²) in [6.07, 6.45) is 0. The van der Waals surface area contributed by atoms with E-state index in [1.54, 1.807) is 6.07 Å². The molecular formula is C21H24Cl3N3O. The minimum Gasteiger partial charge on any atom is -0.360 e. The van der Waals surface area contributed by atoms with E-state index in [1.807, 2.05) is 55.1 Å². The van der Waals surface area contributed by atoms with Crippen LogP contribution in [0.25, 0.3) is 0 Å². The fourth-order valence-electron chi connectivity index (χ4n) is 3.45. The van der Waals surface area contributed by atoms with Crippen LogP contribution in [0.15, 0.2) is 42.5 Å². The summed E-state index contributed by atoms with van der Waals surface area (Å²) in [5.41, 5.74) is 8.08. The van der Waals surface area contributed by atoms with Crippen molar-refractivity contribution in [3.8, 4) is 0 Å². The van der Waals surface area contributed by atoms with E-state index in [4.69, 9.17) is 40.5 Å². The highest BCUT2D eigenvalue weighted by atomic mass is 35.5. The number of carbonyl (C=O) groups is 1. The molecule has 1 saturated heterocycles. The topological polar surface area (TPSA) is 49.6 Å². The molecule has 2 aromatic carbocycles. The highest BCUT2D eigenvalue weighted by molar-refractivity contribution is 6.36. The number of hydrogen-bond donors (Lipinski definition) is 1. The lowest BCUT2D eigenvalue weighted by molar-refractivity contribution is -0.134. The normalized spacial score (nSPS) is 18.5. The molecule has 7 heteroatoms. The zero-order valence-corrected chi connectivity index (χ0v) is 18.2. The van der Waals surface area contributed by atoms with Gasteiger partial charge in [-0.25, -0.2) is 0 Å². The summed E-state index contributed by atoms with van der Waals surface area (Å²) in [6, 6.07) is 12.6. The third-order valence-corrected chi connectivity index (χ3v) is 5.96. The molecule has 2 N–H and O–H groups in total. The Morgan fingerprint density at radius 2 is 1.68 bits per heavy atom. The van der Waals surface area contributed by atoms with Gasteiger partial charge in [-0.15, -0.1) is 0 Å². The van der Waals surface area contributed by atoms with Gasteiger partial charge < -0.3 is 15.5 Å². The van der Waals surface area contributed by atoms with E-state index in [2.05, 4.69) is 4.90 Å². The molecule has 1 heterocycles. The number of amides is 1. The SMILES string of the molecule is CC(C)[C@H](N)C(=O)N1CCN(c2ccc(Cl)cc2Cl)[C@H](c2ccc(Cl)cc2)C1. The number of anilines is 1. The van der Waals surface area contributed by atoms with E-state index in [-0.39, 0.29) is 17.9 Å². The van der Waals surface area contributed by atoms with E-state index in [0.29, 0.717) is 34.7 Å². The Balaban J connectivity index is 1.94. The van der Waals surface area contributed by atoms with E-state index in [0.717, 1.165) is 11.3 Å². The zero-order chi connectivity index (χ0) is 20.4. The molecule has 0 saturated carbocycles. The number of nitrogens with two attached hydrogens (primary N) is 1. The van der Waals surface area contributed by atoms with Crippen LogP contribution < -0.4 is 10.6 Å². The van der Waals surface area contributed by atoms with Crippen LogP contribution in [0.1, 0.15) is 25.5 Å². The first-order chi connectivity index (χ1) is 13.3. The summed E-state index contributed by atoms with van der Waals surface area (Å²) in [5, 5.41) is 1.85. The van der Waals surface area contributed by atoms with Crippen LogP contribution in [0.2, 0.25) is 15.1 Å². The van der Waals surface area contributed by atoms with Gasteiger partial charge in [-0.1, -0.05) is 60.8 Å². The van der Waals surface area contributed by atoms with Crippen LogP contribution in [0.4, 0.5) is 5.69 Å². The highest BCUT2D eigenvalue weighted by Crippen LogP contribution is 2.37. The molecular weight excluding hydrogens is 417 g/mol. The van der Waals surface area contributed by atoms with Crippen molar-refractivity contribution in [3.05, 3.63) is 63.1 Å². The van der Waals surface area contributed by atoms with Gasteiger partial charge in [-0.3, -0.25) is 4.79 Å². The Bertz CT molecular complexity index is 841. The number of nitrogens with zero attached hydrogens (tertiary/aromatic N) is 2. The maximum absolute atomic E-state index is 12.8. The number of halogens is 3. The molecule has 1 fully saturated rings. The molecule has 1 amide bonds. The Morgan fingerprint density at radius 3 is 2.29 bits per heavy atom. The van der Waals surface area contributed by atoms with Crippen LogP contribution >= 0.6 is 34.8 Å². The fraction of sp³-hybridized carbons (Fsp3) is 0.381. The van der Waals surface area contributed by atoms with Gasteiger partial charge in [-0.05, 0) is 41.8 Å². The van der Waals surface area contributed by atoms with Crippen molar-refractivity contribution in [1.82, 2.24) is 4.90 Å². The van der Waals surface area contributed by atoms with Gasteiger partial charge in [0.15, 0.2) is 0 Å². The summed E-state index contributed by atoms with van der Waals surface area (Å²) in [6.45, 7) is 5.68. The molecule has 28 heavy (non-hydrogen) atoms. The molecule has 0 aliphatic carbocycles. The smallest absolute Gasteiger partial charge is 0.239 e. The molecule has 2 aromatic rings. The minimum atomic E-state index is -0.503. The molecule has 0 radical (unpaired) electrons. The van der Waals surface area contributed by atoms with Gasteiger partial charge in [0.05, 0.1) is 22.8 Å². The molecule has 3 rings (SSSR count). The van der Waals surface area contributed by atoms with Crippen molar-refractivity contribution < 1.29 is 4.79 Å². The summed E-state index contributed by atoms with van der Waals surface area (Å²) >= 11 is 18.6. The van der Waals surface area contributed by atoms with E-state index >= 15 is 0 Å². The monoisotopic (exact) mass is 439 g/mol. The molecule has 0 aromatic heterocycles. The van der Waals surface area contributed by atoms with Crippen LogP contribution in [0, 0.1) is 5.92 Å². The van der Waals surface area contributed by atoms with E-state index in [9.17, 15) is 4.79 Å². The Hall–Kier alpha value is -1.46. The number of carbonyl (C=O) groups excluding carboxylic acids is 1. The predicted octanol–water partition coefficient (Wildman–Crippen LogP) is 5.02. The van der Waals surface area contributed by atoms with Crippen molar-refractivity contribution in [1.29, 1.82) is 0 Å². The molecule has 0 spiro atoms. The fourth-order valence-corrected chi connectivity index (χ4v) is 4.09. The maximum atomic E-state index is 12.8. The van der Waals surface area contributed by atoms with Gasteiger partial charge in [0.25, 0.3) is 0 Å². The maximum Gasteiger partial charge on any atom is 0.239 e. The Kier molecular flexibility index (Phi) is 6.77. The third kappa shape index (κ3) is 4.57. The first kappa shape index (κ1) is 21.3. The van der Waals surface area contributed by atoms with Crippen LogP contribution in [-0.2, 0) is 4.79 Å². The molecule has 0 bridgehead atoms. The van der Waals surface area contributed by atoms with Crippen molar-refractivity contribution in [2.75, 3.05) is 24.5 Å². The molecule has 4 nitrogen and oxygen atoms in total. The molecule has 0 unspecified atom stereocenters. The summed E-state index contributed by atoms with van der Waals surface area (Å²) in [5.74, 6) is 0.0704. The lowest BCUT2D eigenvalue weighted by Crippen LogP contribution is -2.55. The van der Waals surface area contributed by atoms with Gasteiger partial charge in [0.1, 0.15) is 0 Å². The average molecular weight is 441 g/mol. The lowest BCUT2D eigenvalue weighted by Gasteiger charge is -2.44. The van der Waals surface area contributed by atoms with Gasteiger partial charge in [0, 0.05) is 29.7 Å². The molecule has 150 valence electrons. The second kappa shape index (κ2) is 8.91. The Labute approximate surface area is 181 Å². The number of rotatable bonds is 4. The highest BCUT2D eigenvalue weighted by Gasteiger charge is 2.34. The summed E-state index contributed by atoms with van der Waals surface area (Å²) in [7, 11) is 0. The first-order valence-corrected chi connectivity index (χ1v) is 10.4. The zero-order valence-electron chi connectivity index (χ0n) is 15.9. The second-order valence-electron chi connectivity index (χ2n) is 7.41. The minimum absolute atomic E-state index is 0.0178. The average Bonchev–Trinajstić information content (AvgIpc) is 2.67. The van der Waals surface area contributed by atoms with Crippen LogP contribution in [0.5, 0.6) is 0 Å².